The van der Waals surface area contributed by atoms with Crippen molar-refractivity contribution in [1.82, 2.24) is 5.32 Å². The van der Waals surface area contributed by atoms with Crippen molar-refractivity contribution in [3.63, 3.8) is 0 Å². The average molecular weight is 226 g/mol. The van der Waals surface area contributed by atoms with Crippen LogP contribution in [0, 0.1) is 5.82 Å². The molecule has 4 heteroatoms. The highest BCUT2D eigenvalue weighted by molar-refractivity contribution is 5.47. The Kier molecular flexibility index (Phi) is 4.71. The maximum Gasteiger partial charge on any atom is 0.146 e. The summed E-state index contributed by atoms with van der Waals surface area (Å²) in [4.78, 5) is 1.74. The third kappa shape index (κ3) is 3.47. The van der Waals surface area contributed by atoms with Crippen LogP contribution < -0.4 is 10.2 Å². The minimum absolute atomic E-state index is 0.0246. The van der Waals surface area contributed by atoms with E-state index in [4.69, 9.17) is 5.11 Å². The number of anilines is 1. The first-order valence-electron chi connectivity index (χ1n) is 5.34. The Hall–Kier alpha value is -1.13. The van der Waals surface area contributed by atoms with Crippen LogP contribution in [0.15, 0.2) is 18.2 Å². The Morgan fingerprint density at radius 1 is 1.44 bits per heavy atom. The number of hydrogen-bond donors (Lipinski definition) is 2. The molecule has 3 nitrogen and oxygen atoms in total. The number of hydrogen-bond acceptors (Lipinski definition) is 3. The van der Waals surface area contributed by atoms with Crippen LogP contribution in [0.4, 0.5) is 10.1 Å². The van der Waals surface area contributed by atoms with Crippen molar-refractivity contribution in [2.24, 2.45) is 0 Å². The van der Waals surface area contributed by atoms with Crippen LogP contribution in [0.3, 0.4) is 0 Å². The first kappa shape index (κ1) is 12.9. The van der Waals surface area contributed by atoms with Crippen molar-refractivity contribution in [2.75, 3.05) is 25.6 Å². The number of aliphatic hydroxyl groups excluding tert-OH is 1. The minimum atomic E-state index is -0.221. The van der Waals surface area contributed by atoms with Gasteiger partial charge in [-0.1, -0.05) is 6.07 Å². The van der Waals surface area contributed by atoms with E-state index in [-0.39, 0.29) is 18.5 Å². The summed E-state index contributed by atoms with van der Waals surface area (Å²) < 4.78 is 13.6. The van der Waals surface area contributed by atoms with Gasteiger partial charge in [0.25, 0.3) is 0 Å². The predicted octanol–water partition coefficient (Wildman–Crippen LogP) is 1.36. The molecule has 0 aliphatic carbocycles. The molecule has 0 unspecified atom stereocenters. The predicted molar refractivity (Wildman–Crippen MR) is 64.1 cm³/mol. The molecule has 0 saturated heterocycles. The second kappa shape index (κ2) is 5.82. The molecule has 0 aromatic heterocycles. The van der Waals surface area contributed by atoms with E-state index in [1.807, 2.05) is 27.1 Å². The van der Waals surface area contributed by atoms with Crippen LogP contribution in [0.1, 0.15) is 12.5 Å². The summed E-state index contributed by atoms with van der Waals surface area (Å²) in [5.41, 5.74) is 1.46. The molecule has 0 fully saturated rings. The zero-order chi connectivity index (χ0) is 12.1. The fourth-order valence-corrected chi connectivity index (χ4v) is 1.38. The van der Waals surface area contributed by atoms with Crippen molar-refractivity contribution < 1.29 is 9.50 Å². The van der Waals surface area contributed by atoms with E-state index >= 15 is 0 Å². The van der Waals surface area contributed by atoms with E-state index in [1.165, 1.54) is 6.07 Å². The minimum Gasteiger partial charge on any atom is -0.395 e. The SMILES string of the molecule is C[C@@H](CO)NCc1ccc(N(C)C)c(F)c1. The third-order valence-electron chi connectivity index (χ3n) is 2.42. The summed E-state index contributed by atoms with van der Waals surface area (Å²) in [6.07, 6.45) is 0. The Morgan fingerprint density at radius 2 is 2.12 bits per heavy atom. The van der Waals surface area contributed by atoms with E-state index in [0.29, 0.717) is 12.2 Å². The number of aliphatic hydroxyl groups is 1. The molecule has 1 aromatic carbocycles. The maximum absolute atomic E-state index is 13.6. The zero-order valence-electron chi connectivity index (χ0n) is 10.00. The zero-order valence-corrected chi connectivity index (χ0v) is 10.00. The summed E-state index contributed by atoms with van der Waals surface area (Å²) in [6, 6.07) is 5.19. The fourth-order valence-electron chi connectivity index (χ4n) is 1.38. The number of benzene rings is 1. The highest BCUT2D eigenvalue weighted by atomic mass is 19.1. The largest absolute Gasteiger partial charge is 0.395 e. The summed E-state index contributed by atoms with van der Waals surface area (Å²) in [7, 11) is 3.62. The van der Waals surface area contributed by atoms with Gasteiger partial charge >= 0.3 is 0 Å². The highest BCUT2D eigenvalue weighted by Crippen LogP contribution is 2.18. The van der Waals surface area contributed by atoms with Gasteiger partial charge in [0.05, 0.1) is 12.3 Å². The Balaban J connectivity index is 2.66. The van der Waals surface area contributed by atoms with E-state index in [1.54, 1.807) is 11.0 Å². The number of nitrogens with zero attached hydrogens (tertiary/aromatic N) is 1. The Labute approximate surface area is 95.9 Å². The smallest absolute Gasteiger partial charge is 0.146 e. The quantitative estimate of drug-likeness (QED) is 0.796. The van der Waals surface area contributed by atoms with Crippen molar-refractivity contribution in [1.29, 1.82) is 0 Å². The molecule has 0 aliphatic heterocycles. The first-order chi connectivity index (χ1) is 7.54. The Bertz CT molecular complexity index is 342. The van der Waals surface area contributed by atoms with Gasteiger partial charge in [-0.05, 0) is 24.6 Å². The number of nitrogens with one attached hydrogen (secondary N) is 1. The van der Waals surface area contributed by atoms with Gasteiger partial charge in [0, 0.05) is 26.7 Å². The molecule has 0 amide bonds. The lowest BCUT2D eigenvalue weighted by molar-refractivity contribution is 0.251. The van der Waals surface area contributed by atoms with Gasteiger partial charge in [-0.3, -0.25) is 0 Å². The van der Waals surface area contributed by atoms with Gasteiger partial charge < -0.3 is 15.3 Å². The van der Waals surface area contributed by atoms with Crippen molar-refractivity contribution in [2.45, 2.75) is 19.5 Å². The number of rotatable bonds is 5. The topological polar surface area (TPSA) is 35.5 Å². The summed E-state index contributed by atoms with van der Waals surface area (Å²) >= 11 is 0. The van der Waals surface area contributed by atoms with Crippen molar-refractivity contribution in [3.05, 3.63) is 29.6 Å². The lowest BCUT2D eigenvalue weighted by atomic mass is 10.2. The van der Waals surface area contributed by atoms with Crippen LogP contribution in [0.25, 0.3) is 0 Å². The van der Waals surface area contributed by atoms with Crippen LogP contribution in [-0.2, 0) is 6.54 Å². The molecule has 0 saturated carbocycles. The monoisotopic (exact) mass is 226 g/mol. The first-order valence-corrected chi connectivity index (χ1v) is 5.34. The normalized spacial score (nSPS) is 12.6. The molecule has 1 aromatic rings. The molecule has 0 bridgehead atoms. The molecular weight excluding hydrogens is 207 g/mol. The van der Waals surface area contributed by atoms with E-state index in [2.05, 4.69) is 5.32 Å². The summed E-state index contributed by atoms with van der Waals surface area (Å²) in [5.74, 6) is -0.221. The fraction of sp³-hybridized carbons (Fsp3) is 0.500. The second-order valence-corrected chi connectivity index (χ2v) is 4.14. The van der Waals surface area contributed by atoms with E-state index in [9.17, 15) is 4.39 Å². The standard InChI is InChI=1S/C12H19FN2O/c1-9(8-16)14-7-10-4-5-12(15(2)3)11(13)6-10/h4-6,9,14,16H,7-8H2,1-3H3/t9-/m0/s1. The van der Waals surface area contributed by atoms with Crippen molar-refractivity contribution in [3.8, 4) is 0 Å². The maximum atomic E-state index is 13.6. The van der Waals surface area contributed by atoms with Gasteiger partial charge in [-0.2, -0.15) is 0 Å². The third-order valence-corrected chi connectivity index (χ3v) is 2.42. The molecule has 2 N–H and O–H groups in total. The second-order valence-electron chi connectivity index (χ2n) is 4.14. The van der Waals surface area contributed by atoms with Crippen molar-refractivity contribution >= 4 is 5.69 Å². The molecule has 0 spiro atoms. The van der Waals surface area contributed by atoms with Gasteiger partial charge in [0.15, 0.2) is 0 Å². The van der Waals surface area contributed by atoms with Gasteiger partial charge in [-0.15, -0.1) is 0 Å². The van der Waals surface area contributed by atoms with Crippen LogP contribution in [0.2, 0.25) is 0 Å². The van der Waals surface area contributed by atoms with E-state index in [0.717, 1.165) is 5.56 Å². The molecule has 0 heterocycles. The molecule has 1 rings (SSSR count). The van der Waals surface area contributed by atoms with Crippen LogP contribution >= 0.6 is 0 Å². The highest BCUT2D eigenvalue weighted by Gasteiger charge is 2.06. The summed E-state index contributed by atoms with van der Waals surface area (Å²) in [6.45, 7) is 2.52. The molecule has 1 atom stereocenters. The van der Waals surface area contributed by atoms with E-state index < -0.39 is 0 Å². The summed E-state index contributed by atoms with van der Waals surface area (Å²) in [5, 5.41) is 11.9. The molecule has 0 radical (unpaired) electrons. The molecule has 90 valence electrons. The lowest BCUT2D eigenvalue weighted by Crippen LogP contribution is -2.28. The van der Waals surface area contributed by atoms with Gasteiger partial charge in [0.2, 0.25) is 0 Å². The number of halogens is 1. The van der Waals surface area contributed by atoms with Crippen LogP contribution in [-0.4, -0.2) is 31.9 Å². The lowest BCUT2D eigenvalue weighted by Gasteiger charge is -2.15. The van der Waals surface area contributed by atoms with Gasteiger partial charge in [-0.25, -0.2) is 4.39 Å². The molecular formula is C12H19FN2O. The molecule has 16 heavy (non-hydrogen) atoms. The van der Waals surface area contributed by atoms with Crippen LogP contribution in [0.5, 0.6) is 0 Å². The average Bonchev–Trinajstić information content (AvgIpc) is 2.25. The Morgan fingerprint density at radius 3 is 2.62 bits per heavy atom. The molecule has 0 aliphatic rings. The van der Waals surface area contributed by atoms with Gasteiger partial charge in [0.1, 0.15) is 5.82 Å².